The number of allylic oxidation sites excluding steroid dienone is 1. The van der Waals surface area contributed by atoms with Gasteiger partial charge in [0.15, 0.2) is 11.6 Å². The fourth-order valence-corrected chi connectivity index (χ4v) is 6.91. The number of rotatable bonds is 2. The van der Waals surface area contributed by atoms with Crippen LogP contribution < -0.4 is 4.90 Å². The Labute approximate surface area is 248 Å². The van der Waals surface area contributed by atoms with E-state index in [2.05, 4.69) is 55.1 Å². The van der Waals surface area contributed by atoms with Gasteiger partial charge in [-0.3, -0.25) is 9.59 Å². The molecule has 0 amide bonds. The van der Waals surface area contributed by atoms with Crippen LogP contribution in [-0.4, -0.2) is 11.6 Å². The van der Waals surface area contributed by atoms with E-state index in [0.29, 0.717) is 11.1 Å². The number of hydrogen-bond donors (Lipinski definition) is 0. The van der Waals surface area contributed by atoms with Crippen molar-refractivity contribution in [1.82, 2.24) is 0 Å². The van der Waals surface area contributed by atoms with Crippen LogP contribution in [0.3, 0.4) is 0 Å². The summed E-state index contributed by atoms with van der Waals surface area (Å²) in [5.41, 5.74) is 6.94. The lowest BCUT2D eigenvalue weighted by molar-refractivity contribution is 0.0990. The summed E-state index contributed by atoms with van der Waals surface area (Å²) in [5, 5.41) is 3.99. The molecular weight excluding hydrogens is 533 g/mol. The molecule has 3 nitrogen and oxygen atoms in total. The summed E-state index contributed by atoms with van der Waals surface area (Å²) in [6.45, 7) is 4.47. The van der Waals surface area contributed by atoms with Crippen LogP contribution in [0.15, 0.2) is 121 Å². The monoisotopic (exact) mass is 559 g/mol. The zero-order valence-corrected chi connectivity index (χ0v) is 23.7. The van der Waals surface area contributed by atoms with Crippen LogP contribution in [0.4, 0.5) is 21.5 Å². The zero-order valence-electron chi connectivity index (χ0n) is 23.7. The van der Waals surface area contributed by atoms with Crippen LogP contribution in [0.1, 0.15) is 51.3 Å². The van der Waals surface area contributed by atoms with Crippen molar-refractivity contribution in [3.05, 3.63) is 154 Å². The van der Waals surface area contributed by atoms with Gasteiger partial charge in [-0.15, -0.1) is 0 Å². The number of anilines is 3. The van der Waals surface area contributed by atoms with Crippen molar-refractivity contribution in [2.45, 2.75) is 19.3 Å². The van der Waals surface area contributed by atoms with E-state index in [1.807, 2.05) is 66.7 Å². The summed E-state index contributed by atoms with van der Waals surface area (Å²) < 4.78 is 13.9. The Bertz CT molecular complexity index is 2150. The molecule has 0 fully saturated rings. The largest absolute Gasteiger partial charge is 0.310 e. The number of hydrogen-bond acceptors (Lipinski definition) is 3. The van der Waals surface area contributed by atoms with Crippen molar-refractivity contribution in [3.63, 3.8) is 0 Å². The molecule has 0 atom stereocenters. The zero-order chi connectivity index (χ0) is 29.5. The maximum Gasteiger partial charge on any atom is 0.197 e. The van der Waals surface area contributed by atoms with Crippen molar-refractivity contribution in [2.24, 2.45) is 0 Å². The summed E-state index contributed by atoms with van der Waals surface area (Å²) in [6.07, 6.45) is 1.72. The van der Waals surface area contributed by atoms with Crippen LogP contribution in [-0.2, 0) is 5.41 Å². The van der Waals surface area contributed by atoms with Gasteiger partial charge < -0.3 is 4.90 Å². The molecule has 0 spiro atoms. The van der Waals surface area contributed by atoms with Crippen LogP contribution >= 0.6 is 0 Å². The Morgan fingerprint density at radius 1 is 0.651 bits per heavy atom. The van der Waals surface area contributed by atoms with Gasteiger partial charge in [0, 0.05) is 22.2 Å². The standard InChI is InChI=1S/C39H26FNO2/c1-39(2)33-9-5-6-10-34(33)41(28-15-13-27(40)14-16-28)35-18-12-26-19-23(11-17-29(26)36(35)39)20-32-37(42)30-21-24-7-3-4-8-25(24)22-31(30)38(32)43/h3-22H,1-2H3. The molecule has 0 aromatic heterocycles. The van der Waals surface area contributed by atoms with E-state index in [0.717, 1.165) is 44.2 Å². The first-order valence-corrected chi connectivity index (χ1v) is 14.4. The molecule has 0 saturated heterocycles. The minimum atomic E-state index is -0.316. The molecule has 1 aliphatic heterocycles. The van der Waals surface area contributed by atoms with E-state index in [4.69, 9.17) is 0 Å². The molecule has 6 aromatic carbocycles. The minimum Gasteiger partial charge on any atom is -0.310 e. The van der Waals surface area contributed by atoms with E-state index >= 15 is 0 Å². The quantitative estimate of drug-likeness (QED) is 0.157. The first kappa shape index (κ1) is 25.4. The molecule has 0 unspecified atom stereocenters. The van der Waals surface area contributed by atoms with Gasteiger partial charge >= 0.3 is 0 Å². The Hall–Kier alpha value is -5.35. The lowest BCUT2D eigenvalue weighted by Crippen LogP contribution is -2.30. The number of Topliss-reactive ketones (excluding diaryl/α,β-unsaturated/α-hetero) is 2. The molecule has 206 valence electrons. The third-order valence-corrected chi connectivity index (χ3v) is 8.97. The smallest absolute Gasteiger partial charge is 0.197 e. The highest BCUT2D eigenvalue weighted by Crippen LogP contribution is 2.53. The van der Waals surface area contributed by atoms with Crippen molar-refractivity contribution in [1.29, 1.82) is 0 Å². The molecule has 1 heterocycles. The fraction of sp³-hybridized carbons (Fsp3) is 0.0769. The lowest BCUT2D eigenvalue weighted by atomic mass is 9.71. The highest BCUT2D eigenvalue weighted by atomic mass is 19.1. The highest BCUT2D eigenvalue weighted by Gasteiger charge is 2.38. The molecule has 0 bridgehead atoms. The van der Waals surface area contributed by atoms with E-state index in [1.165, 1.54) is 23.3 Å². The fourth-order valence-electron chi connectivity index (χ4n) is 6.91. The summed E-state index contributed by atoms with van der Waals surface area (Å²) in [4.78, 5) is 29.0. The van der Waals surface area contributed by atoms with Gasteiger partial charge in [-0.25, -0.2) is 4.39 Å². The second kappa shape index (κ2) is 9.07. The van der Waals surface area contributed by atoms with Crippen molar-refractivity contribution in [3.8, 4) is 0 Å². The van der Waals surface area contributed by atoms with E-state index in [1.54, 1.807) is 6.08 Å². The van der Waals surface area contributed by atoms with Gasteiger partial charge in [0.05, 0.1) is 16.9 Å². The first-order chi connectivity index (χ1) is 20.8. The average Bonchev–Trinajstić information content (AvgIpc) is 3.24. The molecule has 0 radical (unpaired) electrons. The number of halogens is 1. The SMILES string of the molecule is CC1(C)c2ccccc2N(c2ccc(F)cc2)c2ccc3cc(C=C4C(=O)c5cc6ccccc6cc5C4=O)ccc3c21. The van der Waals surface area contributed by atoms with E-state index < -0.39 is 0 Å². The van der Waals surface area contributed by atoms with Crippen LogP contribution in [0.2, 0.25) is 0 Å². The Kier molecular flexibility index (Phi) is 5.35. The summed E-state index contributed by atoms with van der Waals surface area (Å²) in [7, 11) is 0. The number of carbonyl (C=O) groups excluding carboxylic acids is 2. The predicted molar refractivity (Wildman–Crippen MR) is 171 cm³/mol. The van der Waals surface area contributed by atoms with Gasteiger partial charge in [0.2, 0.25) is 0 Å². The molecular formula is C39H26FNO2. The van der Waals surface area contributed by atoms with Gasteiger partial charge in [-0.05, 0) is 98.9 Å². The maximum absolute atomic E-state index is 13.9. The van der Waals surface area contributed by atoms with Crippen molar-refractivity contribution in [2.75, 3.05) is 4.90 Å². The molecule has 43 heavy (non-hydrogen) atoms. The summed E-state index contributed by atoms with van der Waals surface area (Å²) >= 11 is 0. The molecule has 2 aliphatic rings. The highest BCUT2D eigenvalue weighted by molar-refractivity contribution is 6.42. The molecule has 8 rings (SSSR count). The van der Waals surface area contributed by atoms with Gasteiger partial charge in [0.1, 0.15) is 5.82 Å². The first-order valence-electron chi connectivity index (χ1n) is 14.4. The molecule has 4 heteroatoms. The van der Waals surface area contributed by atoms with Crippen molar-refractivity contribution >= 4 is 56.2 Å². The number of fused-ring (bicyclic) bond motifs is 6. The molecule has 1 aliphatic carbocycles. The number of ketones is 2. The maximum atomic E-state index is 13.9. The minimum absolute atomic E-state index is 0.194. The molecule has 0 saturated carbocycles. The predicted octanol–water partition coefficient (Wildman–Crippen LogP) is 9.70. The van der Waals surface area contributed by atoms with Crippen LogP contribution in [0, 0.1) is 5.82 Å². The Balaban J connectivity index is 1.26. The third-order valence-electron chi connectivity index (χ3n) is 8.97. The molecule has 0 N–H and O–H groups in total. The van der Waals surface area contributed by atoms with Gasteiger partial charge in [0.25, 0.3) is 0 Å². The van der Waals surface area contributed by atoms with Crippen molar-refractivity contribution < 1.29 is 14.0 Å². The Morgan fingerprint density at radius 3 is 2.00 bits per heavy atom. The number of para-hydroxylation sites is 1. The third kappa shape index (κ3) is 3.73. The second-order valence-corrected chi connectivity index (χ2v) is 11.9. The van der Waals surface area contributed by atoms with Crippen LogP contribution in [0.5, 0.6) is 0 Å². The van der Waals surface area contributed by atoms with Gasteiger partial charge in [-0.1, -0.05) is 74.5 Å². The summed E-state index contributed by atoms with van der Waals surface area (Å²) in [6, 6.07) is 36.7. The number of nitrogens with zero attached hydrogens (tertiary/aromatic N) is 1. The number of benzene rings is 6. The normalized spacial score (nSPS) is 15.0. The topological polar surface area (TPSA) is 37.4 Å². The second-order valence-electron chi connectivity index (χ2n) is 11.9. The van der Waals surface area contributed by atoms with Crippen LogP contribution in [0.25, 0.3) is 27.6 Å². The van der Waals surface area contributed by atoms with E-state index in [-0.39, 0.29) is 28.4 Å². The number of carbonyl (C=O) groups is 2. The summed E-state index contributed by atoms with van der Waals surface area (Å²) in [5.74, 6) is -0.738. The average molecular weight is 560 g/mol. The van der Waals surface area contributed by atoms with Gasteiger partial charge in [-0.2, -0.15) is 0 Å². The van der Waals surface area contributed by atoms with E-state index in [9.17, 15) is 14.0 Å². The Morgan fingerprint density at radius 2 is 1.30 bits per heavy atom. The molecule has 6 aromatic rings. The lowest BCUT2D eigenvalue weighted by Gasteiger charge is -2.42.